The van der Waals surface area contributed by atoms with Crippen molar-refractivity contribution in [2.45, 2.75) is 26.3 Å². The number of rotatable bonds is 7. The van der Waals surface area contributed by atoms with Crippen LogP contribution in [-0.4, -0.2) is 50.8 Å². The molecule has 0 aliphatic heterocycles. The van der Waals surface area contributed by atoms with E-state index in [1.165, 1.54) is 7.11 Å². The molecule has 0 bridgehead atoms. The summed E-state index contributed by atoms with van der Waals surface area (Å²) < 4.78 is 9.62. The molecule has 0 aliphatic carbocycles. The molecule has 1 unspecified atom stereocenters. The van der Waals surface area contributed by atoms with E-state index in [1.54, 1.807) is 7.11 Å². The van der Waals surface area contributed by atoms with Gasteiger partial charge in [0.15, 0.2) is 0 Å². The Labute approximate surface area is 86.2 Å². The van der Waals surface area contributed by atoms with Crippen LogP contribution < -0.4 is 0 Å². The van der Waals surface area contributed by atoms with Gasteiger partial charge in [0.1, 0.15) is 0 Å². The molecule has 0 saturated carbocycles. The maximum atomic E-state index is 11.1. The van der Waals surface area contributed by atoms with Crippen molar-refractivity contribution in [3.8, 4) is 0 Å². The summed E-state index contributed by atoms with van der Waals surface area (Å²) in [7, 11) is 3.10. The first kappa shape index (κ1) is 13.4. The van der Waals surface area contributed by atoms with Crippen molar-refractivity contribution >= 4 is 5.97 Å². The predicted octanol–water partition coefficient (Wildman–Crippen LogP) is 0.906. The number of nitrogens with zero attached hydrogens (tertiary/aromatic N) is 1. The molecule has 0 spiro atoms. The molecule has 0 aliphatic rings. The molecule has 4 nitrogen and oxygen atoms in total. The molecule has 1 atom stereocenters. The smallest absolute Gasteiger partial charge is 0.319 e. The molecule has 0 radical (unpaired) electrons. The fourth-order valence-corrected chi connectivity index (χ4v) is 1.28. The molecule has 4 heteroatoms. The average molecular weight is 203 g/mol. The van der Waals surface area contributed by atoms with Crippen molar-refractivity contribution in [1.29, 1.82) is 0 Å². The van der Waals surface area contributed by atoms with Gasteiger partial charge in [-0.25, -0.2) is 0 Å². The summed E-state index contributed by atoms with van der Waals surface area (Å²) in [6.45, 7) is 6.05. The second-order valence-electron chi connectivity index (χ2n) is 3.27. The van der Waals surface area contributed by atoms with Crippen molar-refractivity contribution in [2.24, 2.45) is 0 Å². The van der Waals surface area contributed by atoms with Gasteiger partial charge in [-0.3, -0.25) is 9.69 Å². The summed E-state index contributed by atoms with van der Waals surface area (Å²) in [4.78, 5) is 13.1. The van der Waals surface area contributed by atoms with Crippen molar-refractivity contribution in [3.05, 3.63) is 0 Å². The van der Waals surface area contributed by atoms with Gasteiger partial charge in [0.2, 0.25) is 0 Å². The van der Waals surface area contributed by atoms with Crippen molar-refractivity contribution in [3.63, 3.8) is 0 Å². The topological polar surface area (TPSA) is 38.8 Å². The maximum Gasteiger partial charge on any atom is 0.319 e. The van der Waals surface area contributed by atoms with Crippen molar-refractivity contribution in [2.75, 3.05) is 33.9 Å². The lowest BCUT2D eigenvalue weighted by Crippen LogP contribution is -2.38. The Hall–Kier alpha value is -0.610. The molecule has 0 aromatic carbocycles. The van der Waals surface area contributed by atoms with Crippen molar-refractivity contribution in [1.82, 2.24) is 4.90 Å². The van der Waals surface area contributed by atoms with E-state index in [2.05, 4.69) is 16.6 Å². The Bertz CT molecular complexity index is 161. The first-order chi connectivity index (χ1) is 6.65. The SMILES string of the molecule is CCN(CC(=O)OC)C(C)CCOC. The fourth-order valence-electron chi connectivity index (χ4n) is 1.28. The molecule has 0 aromatic rings. The third-order valence-electron chi connectivity index (χ3n) is 2.33. The quantitative estimate of drug-likeness (QED) is 0.576. The summed E-state index contributed by atoms with van der Waals surface area (Å²) >= 11 is 0. The van der Waals surface area contributed by atoms with Gasteiger partial charge >= 0.3 is 5.97 Å². The van der Waals surface area contributed by atoms with E-state index in [0.29, 0.717) is 12.6 Å². The van der Waals surface area contributed by atoms with Crippen LogP contribution in [-0.2, 0) is 14.3 Å². The third-order valence-corrected chi connectivity index (χ3v) is 2.33. The number of carbonyl (C=O) groups is 1. The monoisotopic (exact) mass is 203 g/mol. The Balaban J connectivity index is 3.91. The highest BCUT2D eigenvalue weighted by Gasteiger charge is 2.15. The lowest BCUT2D eigenvalue weighted by molar-refractivity contribution is -0.142. The van der Waals surface area contributed by atoms with Crippen LogP contribution in [0.1, 0.15) is 20.3 Å². The maximum absolute atomic E-state index is 11.1. The number of hydrogen-bond acceptors (Lipinski definition) is 4. The Morgan fingerprint density at radius 3 is 2.50 bits per heavy atom. The van der Waals surface area contributed by atoms with Crippen LogP contribution in [0.3, 0.4) is 0 Å². The lowest BCUT2D eigenvalue weighted by Gasteiger charge is -2.26. The van der Waals surface area contributed by atoms with Gasteiger partial charge in [-0.05, 0) is 19.9 Å². The fraction of sp³-hybridized carbons (Fsp3) is 0.900. The van der Waals surface area contributed by atoms with Crippen LogP contribution >= 0.6 is 0 Å². The Kier molecular flexibility index (Phi) is 7.42. The zero-order valence-corrected chi connectivity index (χ0v) is 9.58. The van der Waals surface area contributed by atoms with E-state index in [-0.39, 0.29) is 5.97 Å². The number of ether oxygens (including phenoxy) is 2. The molecule has 0 heterocycles. The summed E-state index contributed by atoms with van der Waals surface area (Å²) in [5.41, 5.74) is 0. The average Bonchev–Trinajstić information content (AvgIpc) is 2.21. The second kappa shape index (κ2) is 7.76. The van der Waals surface area contributed by atoms with Crippen LogP contribution in [0.15, 0.2) is 0 Å². The summed E-state index contributed by atoms with van der Waals surface area (Å²) in [6.07, 6.45) is 0.932. The van der Waals surface area contributed by atoms with Gasteiger partial charge in [-0.15, -0.1) is 0 Å². The van der Waals surface area contributed by atoms with Crippen LogP contribution in [0, 0.1) is 0 Å². The first-order valence-electron chi connectivity index (χ1n) is 4.95. The molecule has 0 saturated heterocycles. The second-order valence-corrected chi connectivity index (χ2v) is 3.27. The van der Waals surface area contributed by atoms with Gasteiger partial charge in [-0.2, -0.15) is 0 Å². The van der Waals surface area contributed by atoms with Gasteiger partial charge < -0.3 is 9.47 Å². The Morgan fingerprint density at radius 1 is 1.43 bits per heavy atom. The molecule has 0 amide bonds. The predicted molar refractivity (Wildman–Crippen MR) is 55.2 cm³/mol. The standard InChI is InChI=1S/C10H21NO3/c1-5-11(8-10(12)14-4)9(2)6-7-13-3/h9H,5-8H2,1-4H3. The first-order valence-corrected chi connectivity index (χ1v) is 4.95. The van der Waals surface area contributed by atoms with E-state index < -0.39 is 0 Å². The van der Waals surface area contributed by atoms with E-state index >= 15 is 0 Å². The van der Waals surface area contributed by atoms with Crippen molar-refractivity contribution < 1.29 is 14.3 Å². The third kappa shape index (κ3) is 5.19. The minimum atomic E-state index is -0.184. The normalized spacial score (nSPS) is 12.9. The molecule has 0 N–H and O–H groups in total. The highest BCUT2D eigenvalue weighted by atomic mass is 16.5. The summed E-state index contributed by atoms with van der Waals surface area (Å²) in [5, 5.41) is 0. The number of methoxy groups -OCH3 is 2. The summed E-state index contributed by atoms with van der Waals surface area (Å²) in [6, 6.07) is 0.346. The zero-order chi connectivity index (χ0) is 11.0. The number of likely N-dealkylation sites (N-methyl/N-ethyl adjacent to an activating group) is 1. The summed E-state index contributed by atoms with van der Waals surface area (Å²) in [5.74, 6) is -0.184. The van der Waals surface area contributed by atoms with Gasteiger partial charge in [0, 0.05) is 19.8 Å². The van der Waals surface area contributed by atoms with Gasteiger partial charge in [-0.1, -0.05) is 6.92 Å². The highest BCUT2D eigenvalue weighted by Crippen LogP contribution is 2.03. The number of hydrogen-bond donors (Lipinski definition) is 0. The molecule has 0 rings (SSSR count). The molecule has 0 fully saturated rings. The van der Waals surface area contributed by atoms with E-state index in [4.69, 9.17) is 4.74 Å². The largest absolute Gasteiger partial charge is 0.468 e. The minimum absolute atomic E-state index is 0.184. The Morgan fingerprint density at radius 2 is 2.07 bits per heavy atom. The molecule has 14 heavy (non-hydrogen) atoms. The van der Waals surface area contributed by atoms with Crippen LogP contribution in [0.2, 0.25) is 0 Å². The van der Waals surface area contributed by atoms with E-state index in [1.807, 2.05) is 6.92 Å². The highest BCUT2D eigenvalue weighted by molar-refractivity contribution is 5.71. The lowest BCUT2D eigenvalue weighted by atomic mass is 10.2. The molecule has 0 aromatic heterocycles. The number of esters is 1. The van der Waals surface area contributed by atoms with Gasteiger partial charge in [0.25, 0.3) is 0 Å². The van der Waals surface area contributed by atoms with Crippen LogP contribution in [0.25, 0.3) is 0 Å². The van der Waals surface area contributed by atoms with Crippen LogP contribution in [0.5, 0.6) is 0 Å². The van der Waals surface area contributed by atoms with Crippen LogP contribution in [0.4, 0.5) is 0 Å². The van der Waals surface area contributed by atoms with E-state index in [9.17, 15) is 4.79 Å². The zero-order valence-electron chi connectivity index (χ0n) is 9.58. The van der Waals surface area contributed by atoms with E-state index in [0.717, 1.165) is 19.6 Å². The molecular weight excluding hydrogens is 182 g/mol. The van der Waals surface area contributed by atoms with Gasteiger partial charge in [0.05, 0.1) is 13.7 Å². The molecular formula is C10H21NO3. The number of carbonyl (C=O) groups excluding carboxylic acids is 1. The minimum Gasteiger partial charge on any atom is -0.468 e. The molecule has 84 valence electrons.